The molecule has 2 rings (SSSR count). The zero-order valence-electron chi connectivity index (χ0n) is 14.2. The predicted octanol–water partition coefficient (Wildman–Crippen LogP) is 4.31. The number of aromatic nitrogens is 1. The van der Waals surface area contributed by atoms with Crippen LogP contribution in [0.2, 0.25) is 0 Å². The molecule has 2 heteroatoms. The minimum absolute atomic E-state index is 0.494. The van der Waals surface area contributed by atoms with E-state index in [1.165, 1.54) is 31.5 Å². The van der Waals surface area contributed by atoms with Gasteiger partial charge in [-0.2, -0.15) is 0 Å². The van der Waals surface area contributed by atoms with Crippen molar-refractivity contribution in [1.29, 1.82) is 0 Å². The van der Waals surface area contributed by atoms with E-state index in [9.17, 15) is 0 Å². The fraction of sp³-hybridized carbons (Fsp3) is 0.737. The monoisotopic (exact) mass is 288 g/mol. The first-order chi connectivity index (χ1) is 9.96. The van der Waals surface area contributed by atoms with Crippen molar-refractivity contribution in [1.82, 2.24) is 10.3 Å². The highest BCUT2D eigenvalue weighted by Crippen LogP contribution is 2.42. The Kier molecular flexibility index (Phi) is 5.80. The molecule has 2 unspecified atom stereocenters. The Bertz CT molecular complexity index is 411. The van der Waals surface area contributed by atoms with Crippen LogP contribution in [0.3, 0.4) is 0 Å². The molecule has 2 atom stereocenters. The number of rotatable bonds is 6. The predicted molar refractivity (Wildman–Crippen MR) is 90.3 cm³/mol. The molecule has 0 radical (unpaired) electrons. The minimum atomic E-state index is 0.494. The zero-order chi connectivity index (χ0) is 15.3. The van der Waals surface area contributed by atoms with Gasteiger partial charge in [0.05, 0.1) is 0 Å². The van der Waals surface area contributed by atoms with Crippen LogP contribution >= 0.6 is 0 Å². The summed E-state index contributed by atoms with van der Waals surface area (Å²) in [6.07, 6.45) is 7.11. The summed E-state index contributed by atoms with van der Waals surface area (Å²) >= 11 is 0. The molecule has 1 N–H and O–H groups in total. The lowest BCUT2D eigenvalue weighted by molar-refractivity contribution is 0.115. The van der Waals surface area contributed by atoms with Crippen LogP contribution in [0.25, 0.3) is 0 Å². The van der Waals surface area contributed by atoms with Crippen LogP contribution in [-0.2, 0) is 6.42 Å². The van der Waals surface area contributed by atoms with Crippen LogP contribution in [-0.4, -0.2) is 18.1 Å². The maximum atomic E-state index is 4.54. The highest BCUT2D eigenvalue weighted by molar-refractivity contribution is 5.05. The lowest BCUT2D eigenvalue weighted by atomic mass is 9.66. The van der Waals surface area contributed by atoms with Crippen LogP contribution < -0.4 is 5.32 Å². The van der Waals surface area contributed by atoms with Gasteiger partial charge in [0.2, 0.25) is 0 Å². The van der Waals surface area contributed by atoms with Crippen LogP contribution in [0.1, 0.15) is 52.7 Å². The lowest BCUT2D eigenvalue weighted by Crippen LogP contribution is -2.38. The molecule has 1 heterocycles. The number of nitrogens with zero attached hydrogens (tertiary/aromatic N) is 1. The summed E-state index contributed by atoms with van der Waals surface area (Å²) in [5.74, 6) is 2.31. The van der Waals surface area contributed by atoms with Crippen molar-refractivity contribution in [2.75, 3.05) is 13.1 Å². The van der Waals surface area contributed by atoms with E-state index in [1.54, 1.807) is 0 Å². The van der Waals surface area contributed by atoms with Crippen molar-refractivity contribution in [2.24, 2.45) is 23.2 Å². The van der Waals surface area contributed by atoms with Crippen LogP contribution in [0.4, 0.5) is 0 Å². The highest BCUT2D eigenvalue weighted by atomic mass is 14.9. The lowest BCUT2D eigenvalue weighted by Gasteiger charge is -2.41. The Hall–Kier alpha value is -0.890. The fourth-order valence-corrected chi connectivity index (χ4v) is 3.64. The van der Waals surface area contributed by atoms with Gasteiger partial charge in [0.25, 0.3) is 0 Å². The van der Waals surface area contributed by atoms with Gasteiger partial charge in [0.15, 0.2) is 0 Å². The highest BCUT2D eigenvalue weighted by Gasteiger charge is 2.34. The average Bonchev–Trinajstić information content (AvgIpc) is 2.41. The fourth-order valence-electron chi connectivity index (χ4n) is 3.64. The van der Waals surface area contributed by atoms with E-state index < -0.39 is 0 Å². The van der Waals surface area contributed by atoms with Crippen LogP contribution in [0.15, 0.2) is 24.4 Å². The van der Waals surface area contributed by atoms with Gasteiger partial charge in [0.1, 0.15) is 0 Å². The Morgan fingerprint density at radius 3 is 2.76 bits per heavy atom. The second-order valence-electron chi connectivity index (χ2n) is 8.00. The zero-order valence-corrected chi connectivity index (χ0v) is 14.2. The normalized spacial score (nSPS) is 25.2. The molecule has 0 aromatic carbocycles. The molecule has 0 saturated heterocycles. The Balaban J connectivity index is 1.96. The van der Waals surface area contributed by atoms with Gasteiger partial charge in [-0.25, -0.2) is 0 Å². The summed E-state index contributed by atoms with van der Waals surface area (Å²) in [5, 5.41) is 3.68. The van der Waals surface area contributed by atoms with Crippen molar-refractivity contribution in [3.63, 3.8) is 0 Å². The maximum absolute atomic E-state index is 4.54. The third kappa shape index (κ3) is 5.43. The topological polar surface area (TPSA) is 24.9 Å². The third-order valence-corrected chi connectivity index (χ3v) is 4.83. The van der Waals surface area contributed by atoms with Gasteiger partial charge in [-0.1, -0.05) is 33.8 Å². The molecule has 0 aliphatic heterocycles. The average molecular weight is 288 g/mol. The number of nitrogens with one attached hydrogen (secondary N) is 1. The molecule has 1 aliphatic carbocycles. The molecular weight excluding hydrogens is 256 g/mol. The molecule has 1 aromatic rings. The van der Waals surface area contributed by atoms with E-state index >= 15 is 0 Å². The van der Waals surface area contributed by atoms with Crippen molar-refractivity contribution in [2.45, 2.75) is 53.4 Å². The largest absolute Gasteiger partial charge is 0.316 e. The Morgan fingerprint density at radius 1 is 1.29 bits per heavy atom. The first-order valence-electron chi connectivity index (χ1n) is 8.57. The summed E-state index contributed by atoms with van der Waals surface area (Å²) in [6, 6.07) is 6.30. The second-order valence-corrected chi connectivity index (χ2v) is 8.00. The smallest absolute Gasteiger partial charge is 0.0406 e. The van der Waals surface area contributed by atoms with Gasteiger partial charge < -0.3 is 5.32 Å². The molecule has 0 amide bonds. The van der Waals surface area contributed by atoms with Crippen LogP contribution in [0, 0.1) is 23.2 Å². The molecule has 118 valence electrons. The first-order valence-corrected chi connectivity index (χ1v) is 8.57. The van der Waals surface area contributed by atoms with Gasteiger partial charge in [0, 0.05) is 11.9 Å². The molecular formula is C19H32N2. The molecule has 2 nitrogen and oxygen atoms in total. The van der Waals surface area contributed by atoms with Crippen molar-refractivity contribution in [3.8, 4) is 0 Å². The van der Waals surface area contributed by atoms with E-state index in [1.807, 2.05) is 12.3 Å². The van der Waals surface area contributed by atoms with Crippen LogP contribution in [0.5, 0.6) is 0 Å². The maximum Gasteiger partial charge on any atom is 0.0406 e. The van der Waals surface area contributed by atoms with E-state index in [4.69, 9.17) is 0 Å². The summed E-state index contributed by atoms with van der Waals surface area (Å²) in [5.41, 5.74) is 1.75. The number of pyridine rings is 1. The van der Waals surface area contributed by atoms with E-state index in [0.29, 0.717) is 5.41 Å². The molecule has 21 heavy (non-hydrogen) atoms. The van der Waals surface area contributed by atoms with E-state index in [2.05, 4.69) is 50.1 Å². The van der Waals surface area contributed by atoms with Gasteiger partial charge in [-0.3, -0.25) is 4.98 Å². The second kappa shape index (κ2) is 7.40. The summed E-state index contributed by atoms with van der Waals surface area (Å²) in [6.45, 7) is 11.7. The van der Waals surface area contributed by atoms with E-state index in [-0.39, 0.29) is 0 Å². The van der Waals surface area contributed by atoms with Crippen molar-refractivity contribution < 1.29 is 0 Å². The molecule has 0 spiro atoms. The SMILES string of the molecule is CC(C)CNCC1CCC(C)(C)CC1Cc1ccccn1. The summed E-state index contributed by atoms with van der Waals surface area (Å²) in [4.78, 5) is 4.54. The standard InChI is InChI=1S/C19H32N2/c1-15(2)13-20-14-16-8-9-19(3,4)12-17(16)11-18-7-5-6-10-21-18/h5-7,10,15-17,20H,8-9,11-14H2,1-4H3. The van der Waals surface area contributed by atoms with Crippen molar-refractivity contribution in [3.05, 3.63) is 30.1 Å². The number of hydrogen-bond acceptors (Lipinski definition) is 2. The molecule has 1 aromatic heterocycles. The third-order valence-electron chi connectivity index (χ3n) is 4.83. The molecule has 0 bridgehead atoms. The molecule has 1 saturated carbocycles. The molecule has 1 fully saturated rings. The first kappa shape index (κ1) is 16.5. The molecule has 1 aliphatic rings. The number of hydrogen-bond donors (Lipinski definition) is 1. The van der Waals surface area contributed by atoms with Gasteiger partial charge >= 0.3 is 0 Å². The van der Waals surface area contributed by atoms with Crippen molar-refractivity contribution >= 4 is 0 Å². The Labute approximate surface area is 130 Å². The van der Waals surface area contributed by atoms with Gasteiger partial charge in [-0.05, 0) is 74.1 Å². The quantitative estimate of drug-likeness (QED) is 0.843. The Morgan fingerprint density at radius 2 is 2.10 bits per heavy atom. The van der Waals surface area contributed by atoms with E-state index in [0.717, 1.165) is 30.7 Å². The summed E-state index contributed by atoms with van der Waals surface area (Å²) in [7, 11) is 0. The van der Waals surface area contributed by atoms with Gasteiger partial charge in [-0.15, -0.1) is 0 Å². The summed E-state index contributed by atoms with van der Waals surface area (Å²) < 4.78 is 0. The minimum Gasteiger partial charge on any atom is -0.316 e.